The van der Waals surface area contributed by atoms with Crippen LogP contribution in [0.15, 0.2) is 91.3 Å². The topological polar surface area (TPSA) is 83.2 Å². The molecule has 2 aromatic heterocycles. The predicted octanol–water partition coefficient (Wildman–Crippen LogP) is 5.42. The van der Waals surface area contributed by atoms with Crippen LogP contribution in [0.4, 0.5) is 5.69 Å². The Morgan fingerprint density at radius 1 is 0.973 bits per heavy atom. The number of aromatic nitrogens is 4. The van der Waals surface area contributed by atoms with Gasteiger partial charge in [0.05, 0.1) is 24.7 Å². The first-order valence-corrected chi connectivity index (χ1v) is 11.8. The van der Waals surface area contributed by atoms with Gasteiger partial charge in [0.25, 0.3) is 5.91 Å². The molecule has 8 heteroatoms. The summed E-state index contributed by atoms with van der Waals surface area (Å²) in [6.07, 6.45) is 3.73. The van der Waals surface area contributed by atoms with Crippen molar-refractivity contribution in [3.05, 3.63) is 108 Å². The molecule has 0 bridgehead atoms. The van der Waals surface area contributed by atoms with Crippen LogP contribution in [0.25, 0.3) is 16.9 Å². The van der Waals surface area contributed by atoms with Crippen LogP contribution in [0.2, 0.25) is 0 Å². The molecule has 186 valence electrons. The lowest BCUT2D eigenvalue weighted by atomic mass is 10.1. The summed E-state index contributed by atoms with van der Waals surface area (Å²) in [5.41, 5.74) is 5.97. The molecular weight excluding hydrogens is 466 g/mol. The van der Waals surface area contributed by atoms with Gasteiger partial charge in [0, 0.05) is 35.8 Å². The highest BCUT2D eigenvalue weighted by Gasteiger charge is 2.11. The van der Waals surface area contributed by atoms with Crippen molar-refractivity contribution in [3.63, 3.8) is 0 Å². The van der Waals surface area contributed by atoms with E-state index in [9.17, 15) is 4.79 Å². The van der Waals surface area contributed by atoms with E-state index in [1.54, 1.807) is 17.9 Å². The number of carbonyl (C=O) groups excluding carboxylic acids is 1. The van der Waals surface area contributed by atoms with Crippen LogP contribution in [0.3, 0.4) is 0 Å². The number of carbonyl (C=O) groups is 1. The molecule has 1 N–H and O–H groups in total. The Balaban J connectivity index is 1.21. The van der Waals surface area contributed by atoms with Crippen LogP contribution in [0.1, 0.15) is 21.6 Å². The Hall–Kier alpha value is -4.85. The van der Waals surface area contributed by atoms with Crippen molar-refractivity contribution in [1.82, 2.24) is 19.6 Å². The van der Waals surface area contributed by atoms with Crippen LogP contribution in [-0.4, -0.2) is 32.6 Å². The van der Waals surface area contributed by atoms with Crippen LogP contribution < -0.4 is 14.8 Å². The van der Waals surface area contributed by atoms with E-state index in [-0.39, 0.29) is 5.91 Å². The lowest BCUT2D eigenvalue weighted by molar-refractivity contribution is 0.102. The van der Waals surface area contributed by atoms with E-state index in [0.29, 0.717) is 17.9 Å². The van der Waals surface area contributed by atoms with Crippen LogP contribution >= 0.6 is 0 Å². The second-order valence-electron chi connectivity index (χ2n) is 8.58. The summed E-state index contributed by atoms with van der Waals surface area (Å²) in [6.45, 7) is 2.37. The molecule has 0 aliphatic heterocycles. The highest BCUT2D eigenvalue weighted by molar-refractivity contribution is 6.04. The first kappa shape index (κ1) is 23.9. The summed E-state index contributed by atoms with van der Waals surface area (Å²) in [4.78, 5) is 12.9. The van der Waals surface area contributed by atoms with Gasteiger partial charge in [0.1, 0.15) is 18.1 Å². The summed E-state index contributed by atoms with van der Waals surface area (Å²) in [5.74, 6) is 1.32. The molecule has 8 nitrogen and oxygen atoms in total. The quantitative estimate of drug-likeness (QED) is 0.312. The summed E-state index contributed by atoms with van der Waals surface area (Å²) in [6, 6.07) is 24.3. The molecule has 5 aromatic rings. The number of aryl methyl sites for hydroxylation is 1. The van der Waals surface area contributed by atoms with E-state index < -0.39 is 0 Å². The van der Waals surface area contributed by atoms with E-state index >= 15 is 0 Å². The lowest BCUT2D eigenvalue weighted by Crippen LogP contribution is -2.12. The first-order valence-electron chi connectivity index (χ1n) is 11.8. The number of amides is 1. The second-order valence-corrected chi connectivity index (χ2v) is 8.58. The molecule has 0 aliphatic rings. The van der Waals surface area contributed by atoms with E-state index in [0.717, 1.165) is 39.7 Å². The van der Waals surface area contributed by atoms with Crippen molar-refractivity contribution < 1.29 is 14.3 Å². The first-order chi connectivity index (χ1) is 18.0. The minimum atomic E-state index is -0.188. The largest absolute Gasteiger partial charge is 0.497 e. The van der Waals surface area contributed by atoms with Gasteiger partial charge in [-0.1, -0.05) is 12.1 Å². The Labute approximate surface area is 215 Å². The molecule has 37 heavy (non-hydrogen) atoms. The molecule has 0 unspecified atom stereocenters. The van der Waals surface area contributed by atoms with Gasteiger partial charge in [-0.3, -0.25) is 9.48 Å². The number of nitrogens with zero attached hydrogens (tertiary/aromatic N) is 4. The molecule has 0 spiro atoms. The van der Waals surface area contributed by atoms with Crippen LogP contribution in [0.5, 0.6) is 11.5 Å². The molecule has 3 aromatic carbocycles. The monoisotopic (exact) mass is 493 g/mol. The maximum Gasteiger partial charge on any atom is 0.255 e. The molecule has 0 saturated carbocycles. The standard InChI is InChI=1S/C29H27N5O3/c1-20-27(18-30-33(20)2)28-15-16-34(32-28)24-9-7-23(8-10-24)31-29(35)22-6-4-5-21(17-22)19-37-26-13-11-25(36-3)12-14-26/h4-18H,19H2,1-3H3,(H,31,35). The number of hydrogen-bond acceptors (Lipinski definition) is 5. The number of methoxy groups -OCH3 is 1. The normalized spacial score (nSPS) is 10.8. The van der Waals surface area contributed by atoms with Crippen molar-refractivity contribution in [3.8, 4) is 28.4 Å². The molecule has 0 atom stereocenters. The van der Waals surface area contributed by atoms with Gasteiger partial charge >= 0.3 is 0 Å². The Morgan fingerprint density at radius 2 is 1.73 bits per heavy atom. The van der Waals surface area contributed by atoms with E-state index in [1.165, 1.54) is 0 Å². The number of ether oxygens (including phenoxy) is 2. The molecule has 2 heterocycles. The molecule has 0 aliphatic carbocycles. The number of rotatable bonds is 8. The highest BCUT2D eigenvalue weighted by Crippen LogP contribution is 2.23. The van der Waals surface area contributed by atoms with Gasteiger partial charge in [-0.05, 0) is 79.2 Å². The van der Waals surface area contributed by atoms with Crippen molar-refractivity contribution in [1.29, 1.82) is 0 Å². The SMILES string of the molecule is COc1ccc(OCc2cccc(C(=O)Nc3ccc(-n4ccc(-c5cnn(C)c5C)n4)cc3)c2)cc1. The van der Waals surface area contributed by atoms with Gasteiger partial charge in [-0.2, -0.15) is 10.2 Å². The fraction of sp³-hybridized carbons (Fsp3) is 0.138. The fourth-order valence-electron chi connectivity index (χ4n) is 3.90. The Bertz CT molecular complexity index is 1520. The Morgan fingerprint density at radius 3 is 2.43 bits per heavy atom. The van der Waals surface area contributed by atoms with Gasteiger partial charge in [0.15, 0.2) is 0 Å². The van der Waals surface area contributed by atoms with Crippen molar-refractivity contribution in [2.24, 2.45) is 7.05 Å². The van der Waals surface area contributed by atoms with Crippen molar-refractivity contribution in [2.75, 3.05) is 12.4 Å². The highest BCUT2D eigenvalue weighted by atomic mass is 16.5. The van der Waals surface area contributed by atoms with Crippen molar-refractivity contribution in [2.45, 2.75) is 13.5 Å². The third kappa shape index (κ3) is 5.38. The minimum Gasteiger partial charge on any atom is -0.497 e. The smallest absolute Gasteiger partial charge is 0.255 e. The maximum atomic E-state index is 12.9. The summed E-state index contributed by atoms with van der Waals surface area (Å²) in [5, 5.41) is 11.9. The van der Waals surface area contributed by atoms with Crippen LogP contribution in [0, 0.1) is 6.92 Å². The molecule has 0 radical (unpaired) electrons. The zero-order valence-electron chi connectivity index (χ0n) is 20.9. The number of nitrogens with one attached hydrogen (secondary N) is 1. The van der Waals surface area contributed by atoms with E-state index in [4.69, 9.17) is 9.47 Å². The van der Waals surface area contributed by atoms with E-state index in [1.807, 2.05) is 104 Å². The van der Waals surface area contributed by atoms with Gasteiger partial charge in [0.2, 0.25) is 0 Å². The third-order valence-corrected chi connectivity index (χ3v) is 6.14. The number of hydrogen-bond donors (Lipinski definition) is 1. The third-order valence-electron chi connectivity index (χ3n) is 6.14. The lowest BCUT2D eigenvalue weighted by Gasteiger charge is -2.10. The zero-order valence-corrected chi connectivity index (χ0v) is 20.9. The molecule has 0 saturated heterocycles. The average Bonchev–Trinajstić information content (AvgIpc) is 3.55. The predicted molar refractivity (Wildman–Crippen MR) is 142 cm³/mol. The molecule has 1 amide bonds. The summed E-state index contributed by atoms with van der Waals surface area (Å²) < 4.78 is 14.6. The van der Waals surface area contributed by atoms with Gasteiger partial charge in [-0.15, -0.1) is 0 Å². The fourth-order valence-corrected chi connectivity index (χ4v) is 3.90. The Kier molecular flexibility index (Phi) is 6.72. The maximum absolute atomic E-state index is 12.9. The molecule has 0 fully saturated rings. The van der Waals surface area contributed by atoms with Crippen molar-refractivity contribution >= 4 is 11.6 Å². The zero-order chi connectivity index (χ0) is 25.8. The average molecular weight is 494 g/mol. The number of benzene rings is 3. The number of anilines is 1. The second kappa shape index (κ2) is 10.4. The molecular formula is C29H27N5O3. The molecule has 5 rings (SSSR count). The van der Waals surface area contributed by atoms with Gasteiger partial charge < -0.3 is 14.8 Å². The van der Waals surface area contributed by atoms with E-state index in [2.05, 4.69) is 15.5 Å². The van der Waals surface area contributed by atoms with Gasteiger partial charge in [-0.25, -0.2) is 4.68 Å². The minimum absolute atomic E-state index is 0.188. The summed E-state index contributed by atoms with van der Waals surface area (Å²) >= 11 is 0. The summed E-state index contributed by atoms with van der Waals surface area (Å²) in [7, 11) is 3.54. The van der Waals surface area contributed by atoms with Crippen LogP contribution in [-0.2, 0) is 13.7 Å².